The van der Waals surface area contributed by atoms with E-state index in [-0.39, 0.29) is 31.2 Å². The second-order valence-electron chi connectivity index (χ2n) is 7.23. The van der Waals surface area contributed by atoms with Gasteiger partial charge in [-0.25, -0.2) is 0 Å². The molecule has 4 heterocycles. The number of hydrogen-bond acceptors (Lipinski definition) is 7. The topological polar surface area (TPSA) is 122 Å². The van der Waals surface area contributed by atoms with Gasteiger partial charge in [0.05, 0.1) is 5.69 Å². The SMILES string of the molecule is O=C(CN1C(=O)CCC1=O)Nc1ccc(-c2ccc3nnc(-c4ccccn4)n3n2)cc1. The van der Waals surface area contributed by atoms with Gasteiger partial charge in [0, 0.05) is 30.3 Å². The summed E-state index contributed by atoms with van der Waals surface area (Å²) in [6.45, 7) is -0.276. The van der Waals surface area contributed by atoms with Crippen LogP contribution in [0.2, 0.25) is 0 Å². The maximum atomic E-state index is 12.2. The van der Waals surface area contributed by atoms with Crippen LogP contribution in [0, 0.1) is 0 Å². The van der Waals surface area contributed by atoms with Crippen molar-refractivity contribution in [3.05, 3.63) is 60.8 Å². The van der Waals surface area contributed by atoms with Gasteiger partial charge in [0.2, 0.25) is 23.5 Å². The molecular formula is C22H17N7O3. The summed E-state index contributed by atoms with van der Waals surface area (Å²) in [6, 6.07) is 16.3. The van der Waals surface area contributed by atoms with Gasteiger partial charge in [-0.3, -0.25) is 24.3 Å². The van der Waals surface area contributed by atoms with Gasteiger partial charge in [0.1, 0.15) is 12.2 Å². The van der Waals surface area contributed by atoms with Gasteiger partial charge < -0.3 is 5.32 Å². The number of benzene rings is 1. The van der Waals surface area contributed by atoms with E-state index < -0.39 is 5.91 Å². The molecule has 0 radical (unpaired) electrons. The van der Waals surface area contributed by atoms with Gasteiger partial charge in [0.15, 0.2) is 5.65 Å². The van der Waals surface area contributed by atoms with Crippen LogP contribution in [0.3, 0.4) is 0 Å². The number of fused-ring (bicyclic) bond motifs is 1. The van der Waals surface area contributed by atoms with Gasteiger partial charge in [-0.1, -0.05) is 18.2 Å². The largest absolute Gasteiger partial charge is 0.325 e. The van der Waals surface area contributed by atoms with E-state index in [4.69, 9.17) is 0 Å². The van der Waals surface area contributed by atoms with Crippen molar-refractivity contribution in [3.8, 4) is 22.8 Å². The number of carbonyl (C=O) groups excluding carboxylic acids is 3. The van der Waals surface area contributed by atoms with Crippen LogP contribution >= 0.6 is 0 Å². The fraction of sp³-hybridized carbons (Fsp3) is 0.136. The highest BCUT2D eigenvalue weighted by Crippen LogP contribution is 2.22. The third-order valence-electron chi connectivity index (χ3n) is 5.08. The minimum atomic E-state index is -0.426. The molecule has 3 aromatic heterocycles. The van der Waals surface area contributed by atoms with E-state index in [1.165, 1.54) is 0 Å². The number of carbonyl (C=O) groups is 3. The monoisotopic (exact) mass is 427 g/mol. The molecule has 4 aromatic rings. The van der Waals surface area contributed by atoms with Crippen molar-refractivity contribution >= 4 is 29.1 Å². The summed E-state index contributed by atoms with van der Waals surface area (Å²) >= 11 is 0. The van der Waals surface area contributed by atoms with Crippen molar-refractivity contribution in [2.75, 3.05) is 11.9 Å². The van der Waals surface area contributed by atoms with E-state index in [1.54, 1.807) is 22.8 Å². The van der Waals surface area contributed by atoms with E-state index >= 15 is 0 Å². The smallest absolute Gasteiger partial charge is 0.244 e. The van der Waals surface area contributed by atoms with Crippen molar-refractivity contribution in [2.24, 2.45) is 0 Å². The third-order valence-corrected chi connectivity index (χ3v) is 5.08. The Morgan fingerprint density at radius 3 is 2.41 bits per heavy atom. The molecule has 10 nitrogen and oxygen atoms in total. The molecule has 3 amide bonds. The molecule has 5 rings (SSSR count). The molecule has 0 spiro atoms. The summed E-state index contributed by atoms with van der Waals surface area (Å²) in [5, 5.41) is 15.7. The maximum Gasteiger partial charge on any atom is 0.244 e. The first-order valence-corrected chi connectivity index (χ1v) is 9.96. The second-order valence-corrected chi connectivity index (χ2v) is 7.23. The third kappa shape index (κ3) is 3.69. The lowest BCUT2D eigenvalue weighted by Gasteiger charge is -2.13. The molecular weight excluding hydrogens is 410 g/mol. The lowest BCUT2D eigenvalue weighted by Crippen LogP contribution is -2.36. The molecule has 158 valence electrons. The van der Waals surface area contributed by atoms with Crippen molar-refractivity contribution < 1.29 is 14.4 Å². The molecule has 0 bridgehead atoms. The van der Waals surface area contributed by atoms with Crippen LogP contribution in [0.15, 0.2) is 60.8 Å². The minimum Gasteiger partial charge on any atom is -0.325 e. The van der Waals surface area contributed by atoms with Crippen LogP contribution in [0.4, 0.5) is 5.69 Å². The average Bonchev–Trinajstić information content (AvgIpc) is 3.38. The highest BCUT2D eigenvalue weighted by molar-refractivity contribution is 6.06. The summed E-state index contributed by atoms with van der Waals surface area (Å²) in [4.78, 5) is 40.8. The lowest BCUT2D eigenvalue weighted by atomic mass is 10.1. The number of nitrogens with one attached hydrogen (secondary N) is 1. The van der Waals surface area contributed by atoms with Gasteiger partial charge in [0.25, 0.3) is 0 Å². The minimum absolute atomic E-state index is 0.159. The van der Waals surface area contributed by atoms with Crippen molar-refractivity contribution in [2.45, 2.75) is 12.8 Å². The van der Waals surface area contributed by atoms with E-state index in [9.17, 15) is 14.4 Å². The second kappa shape index (κ2) is 7.99. The van der Waals surface area contributed by atoms with E-state index in [0.29, 0.717) is 28.5 Å². The van der Waals surface area contributed by atoms with Crippen molar-refractivity contribution in [3.63, 3.8) is 0 Å². The van der Waals surface area contributed by atoms with Crippen LogP contribution in [-0.2, 0) is 14.4 Å². The zero-order chi connectivity index (χ0) is 22.1. The molecule has 1 aliphatic rings. The van der Waals surface area contributed by atoms with Crippen LogP contribution in [0.25, 0.3) is 28.4 Å². The predicted molar refractivity (Wildman–Crippen MR) is 114 cm³/mol. The first kappa shape index (κ1) is 19.5. The first-order chi connectivity index (χ1) is 15.6. The van der Waals surface area contributed by atoms with Gasteiger partial charge >= 0.3 is 0 Å². The number of imide groups is 1. The Kier molecular flexibility index (Phi) is 4.86. The molecule has 10 heteroatoms. The molecule has 1 aliphatic heterocycles. The Labute approximate surface area is 181 Å². The maximum absolute atomic E-state index is 12.2. The quantitative estimate of drug-likeness (QED) is 0.483. The van der Waals surface area contributed by atoms with Crippen LogP contribution in [0.5, 0.6) is 0 Å². The van der Waals surface area contributed by atoms with Crippen molar-refractivity contribution in [1.82, 2.24) is 29.7 Å². The van der Waals surface area contributed by atoms with Crippen LogP contribution < -0.4 is 5.32 Å². The van der Waals surface area contributed by atoms with Gasteiger partial charge in [-0.15, -0.1) is 10.2 Å². The molecule has 0 aliphatic carbocycles. The van der Waals surface area contributed by atoms with Crippen LogP contribution in [-0.4, -0.2) is 54.0 Å². The van der Waals surface area contributed by atoms with E-state index in [0.717, 1.165) is 10.5 Å². The highest BCUT2D eigenvalue weighted by atomic mass is 16.2. The number of nitrogens with zero attached hydrogens (tertiary/aromatic N) is 6. The summed E-state index contributed by atoms with van der Waals surface area (Å²) in [5.74, 6) is -0.523. The van der Waals surface area contributed by atoms with Gasteiger partial charge in [-0.2, -0.15) is 9.61 Å². The molecule has 0 saturated carbocycles. The normalized spacial score (nSPS) is 13.7. The zero-order valence-corrected chi connectivity index (χ0v) is 16.8. The molecule has 0 unspecified atom stereocenters. The molecule has 1 saturated heterocycles. The van der Waals surface area contributed by atoms with Crippen LogP contribution in [0.1, 0.15) is 12.8 Å². The standard InChI is InChI=1S/C22H17N7O3/c30-19(13-28-20(31)10-11-21(28)32)24-15-6-4-14(5-7-15)16-8-9-18-25-26-22(29(18)27-16)17-3-1-2-12-23-17/h1-9,12H,10-11,13H2,(H,24,30). The molecule has 0 atom stereocenters. The van der Waals surface area contributed by atoms with E-state index in [1.807, 2.05) is 42.5 Å². The molecule has 1 N–H and O–H groups in total. The van der Waals surface area contributed by atoms with E-state index in [2.05, 4.69) is 25.6 Å². The summed E-state index contributed by atoms with van der Waals surface area (Å²) in [7, 11) is 0. The Morgan fingerprint density at radius 1 is 0.906 bits per heavy atom. The summed E-state index contributed by atoms with van der Waals surface area (Å²) in [6.07, 6.45) is 2.00. The first-order valence-electron chi connectivity index (χ1n) is 9.96. The molecule has 32 heavy (non-hydrogen) atoms. The Morgan fingerprint density at radius 2 is 1.69 bits per heavy atom. The number of aromatic nitrogens is 5. The number of pyridine rings is 1. The summed E-state index contributed by atoms with van der Waals surface area (Å²) in [5.41, 5.74) is 3.34. The number of amides is 3. The number of likely N-dealkylation sites (tertiary alicyclic amines) is 1. The zero-order valence-electron chi connectivity index (χ0n) is 16.8. The van der Waals surface area contributed by atoms with Crippen molar-refractivity contribution in [1.29, 1.82) is 0 Å². The number of anilines is 1. The highest BCUT2D eigenvalue weighted by Gasteiger charge is 2.30. The number of hydrogen-bond donors (Lipinski definition) is 1. The Hall–Kier alpha value is -4.47. The Bertz CT molecular complexity index is 1320. The fourth-order valence-corrected chi connectivity index (χ4v) is 3.47. The molecule has 1 fully saturated rings. The lowest BCUT2D eigenvalue weighted by molar-refractivity contribution is -0.141. The summed E-state index contributed by atoms with van der Waals surface area (Å²) < 4.78 is 1.64. The fourth-order valence-electron chi connectivity index (χ4n) is 3.47. The predicted octanol–water partition coefficient (Wildman–Crippen LogP) is 1.94. The Balaban J connectivity index is 1.34. The average molecular weight is 427 g/mol. The number of rotatable bonds is 5. The van der Waals surface area contributed by atoms with Gasteiger partial charge in [-0.05, 0) is 36.4 Å². The molecule has 1 aromatic carbocycles.